The molecule has 0 fully saturated rings. The standard InChI is InChI=1S/C16H13ClN2O3/c1-10(20)18-13-7-6-11(8-12(13)17)21-9-16-19-14-4-2-3-5-15(14)22-16/h2-8H,9H2,1H3,(H,18,20). The average molecular weight is 317 g/mol. The van der Waals surface area contributed by atoms with Crippen molar-refractivity contribution >= 4 is 34.3 Å². The fourth-order valence-corrected chi connectivity index (χ4v) is 2.22. The first kappa shape index (κ1) is 14.4. The van der Waals surface area contributed by atoms with Crippen LogP contribution in [-0.4, -0.2) is 10.9 Å². The lowest BCUT2D eigenvalue weighted by atomic mass is 10.3. The van der Waals surface area contributed by atoms with E-state index in [2.05, 4.69) is 10.3 Å². The van der Waals surface area contributed by atoms with Crippen LogP contribution in [0.4, 0.5) is 5.69 Å². The van der Waals surface area contributed by atoms with Gasteiger partial charge in [-0.3, -0.25) is 4.79 Å². The summed E-state index contributed by atoms with van der Waals surface area (Å²) in [4.78, 5) is 15.4. The highest BCUT2D eigenvalue weighted by Crippen LogP contribution is 2.27. The molecular formula is C16H13ClN2O3. The van der Waals surface area contributed by atoms with E-state index in [1.165, 1.54) is 6.92 Å². The summed E-state index contributed by atoms with van der Waals surface area (Å²) in [6.45, 7) is 1.62. The van der Waals surface area contributed by atoms with Gasteiger partial charge in [0.25, 0.3) is 0 Å². The summed E-state index contributed by atoms with van der Waals surface area (Å²) < 4.78 is 11.2. The number of hydrogen-bond acceptors (Lipinski definition) is 4. The molecule has 1 heterocycles. The van der Waals surface area contributed by atoms with E-state index in [4.69, 9.17) is 20.8 Å². The molecule has 3 rings (SSSR count). The van der Waals surface area contributed by atoms with Gasteiger partial charge in [-0.05, 0) is 24.3 Å². The molecule has 0 aliphatic heterocycles. The predicted octanol–water partition coefficient (Wildman–Crippen LogP) is 4.02. The molecule has 0 atom stereocenters. The van der Waals surface area contributed by atoms with E-state index >= 15 is 0 Å². The third-order valence-electron chi connectivity index (χ3n) is 2.95. The monoisotopic (exact) mass is 316 g/mol. The molecule has 112 valence electrons. The first-order chi connectivity index (χ1) is 10.6. The molecule has 0 saturated heterocycles. The van der Waals surface area contributed by atoms with Crippen molar-refractivity contribution in [1.29, 1.82) is 0 Å². The smallest absolute Gasteiger partial charge is 0.233 e. The van der Waals surface area contributed by atoms with E-state index < -0.39 is 0 Å². The van der Waals surface area contributed by atoms with E-state index in [-0.39, 0.29) is 12.5 Å². The molecule has 22 heavy (non-hydrogen) atoms. The van der Waals surface area contributed by atoms with Gasteiger partial charge in [0.15, 0.2) is 12.2 Å². The Labute approximate surface area is 131 Å². The van der Waals surface area contributed by atoms with Gasteiger partial charge in [0.2, 0.25) is 11.8 Å². The molecule has 0 aliphatic carbocycles. The minimum atomic E-state index is -0.179. The fraction of sp³-hybridized carbons (Fsp3) is 0.125. The second kappa shape index (κ2) is 6.07. The Balaban J connectivity index is 1.70. The van der Waals surface area contributed by atoms with Crippen molar-refractivity contribution in [2.75, 3.05) is 5.32 Å². The van der Waals surface area contributed by atoms with Gasteiger partial charge in [-0.1, -0.05) is 23.7 Å². The first-order valence-electron chi connectivity index (χ1n) is 6.66. The van der Waals surface area contributed by atoms with Crippen LogP contribution in [-0.2, 0) is 11.4 Å². The predicted molar refractivity (Wildman–Crippen MR) is 84.1 cm³/mol. The molecule has 6 heteroatoms. The number of carbonyl (C=O) groups excluding carboxylic acids is 1. The van der Waals surface area contributed by atoms with E-state index in [1.54, 1.807) is 18.2 Å². The van der Waals surface area contributed by atoms with Gasteiger partial charge in [-0.25, -0.2) is 4.98 Å². The topological polar surface area (TPSA) is 64.4 Å². The molecule has 1 aromatic heterocycles. The lowest BCUT2D eigenvalue weighted by Gasteiger charge is -2.08. The summed E-state index contributed by atoms with van der Waals surface area (Å²) in [5, 5.41) is 3.04. The zero-order valence-corrected chi connectivity index (χ0v) is 12.6. The fourth-order valence-electron chi connectivity index (χ4n) is 2.00. The zero-order valence-electron chi connectivity index (χ0n) is 11.8. The summed E-state index contributed by atoms with van der Waals surface area (Å²) in [6, 6.07) is 12.6. The van der Waals surface area contributed by atoms with Crippen molar-refractivity contribution in [3.05, 3.63) is 53.4 Å². The number of oxazole rings is 1. The molecule has 1 N–H and O–H groups in total. The van der Waals surface area contributed by atoms with Crippen LogP contribution in [0.2, 0.25) is 5.02 Å². The highest BCUT2D eigenvalue weighted by Gasteiger charge is 2.08. The third-order valence-corrected chi connectivity index (χ3v) is 3.26. The van der Waals surface area contributed by atoms with Crippen LogP contribution in [0.3, 0.4) is 0 Å². The Hall–Kier alpha value is -2.53. The largest absolute Gasteiger partial charge is 0.484 e. The maximum Gasteiger partial charge on any atom is 0.233 e. The Morgan fingerprint density at radius 2 is 2.14 bits per heavy atom. The summed E-state index contributed by atoms with van der Waals surface area (Å²) >= 11 is 6.09. The number of nitrogens with one attached hydrogen (secondary N) is 1. The number of anilines is 1. The Morgan fingerprint density at radius 1 is 1.32 bits per heavy atom. The maximum atomic E-state index is 11.0. The molecule has 0 radical (unpaired) electrons. The van der Waals surface area contributed by atoms with Crippen molar-refractivity contribution < 1.29 is 13.9 Å². The maximum absolute atomic E-state index is 11.0. The number of hydrogen-bond donors (Lipinski definition) is 1. The molecule has 2 aromatic carbocycles. The molecule has 1 amide bonds. The number of aromatic nitrogens is 1. The number of nitrogens with zero attached hydrogens (tertiary/aromatic N) is 1. The lowest BCUT2D eigenvalue weighted by molar-refractivity contribution is -0.114. The van der Waals surface area contributed by atoms with Crippen LogP contribution in [0.5, 0.6) is 5.75 Å². The first-order valence-corrected chi connectivity index (χ1v) is 7.04. The molecular weight excluding hydrogens is 304 g/mol. The number of carbonyl (C=O) groups is 1. The second-order valence-corrected chi connectivity index (χ2v) is 5.09. The Kier molecular flexibility index (Phi) is 3.98. The number of fused-ring (bicyclic) bond motifs is 1. The van der Waals surface area contributed by atoms with Crippen LogP contribution in [0, 0.1) is 0 Å². The molecule has 0 bridgehead atoms. The molecule has 0 aliphatic rings. The second-order valence-electron chi connectivity index (χ2n) is 4.69. The van der Waals surface area contributed by atoms with Gasteiger partial charge in [-0.15, -0.1) is 0 Å². The summed E-state index contributed by atoms with van der Waals surface area (Å²) in [5.74, 6) is 0.881. The average Bonchev–Trinajstić information content (AvgIpc) is 2.90. The quantitative estimate of drug-likeness (QED) is 0.789. The number of ether oxygens (including phenoxy) is 1. The summed E-state index contributed by atoms with van der Waals surface area (Å²) in [7, 11) is 0. The third kappa shape index (κ3) is 3.20. The normalized spacial score (nSPS) is 10.6. The minimum Gasteiger partial charge on any atom is -0.484 e. The van der Waals surface area contributed by atoms with Crippen molar-refractivity contribution in [3.63, 3.8) is 0 Å². The van der Waals surface area contributed by atoms with E-state index in [1.807, 2.05) is 24.3 Å². The van der Waals surface area contributed by atoms with Crippen molar-refractivity contribution in [2.24, 2.45) is 0 Å². The van der Waals surface area contributed by atoms with E-state index in [9.17, 15) is 4.79 Å². The van der Waals surface area contributed by atoms with Crippen LogP contribution < -0.4 is 10.1 Å². The number of rotatable bonds is 4. The van der Waals surface area contributed by atoms with E-state index in [0.717, 1.165) is 11.1 Å². The summed E-state index contributed by atoms with van der Waals surface area (Å²) in [5.41, 5.74) is 2.06. The van der Waals surface area contributed by atoms with Crippen LogP contribution >= 0.6 is 11.6 Å². The van der Waals surface area contributed by atoms with Crippen LogP contribution in [0.1, 0.15) is 12.8 Å². The lowest BCUT2D eigenvalue weighted by Crippen LogP contribution is -2.06. The number of amides is 1. The van der Waals surface area contributed by atoms with Gasteiger partial charge < -0.3 is 14.5 Å². The molecule has 0 spiro atoms. The van der Waals surface area contributed by atoms with Crippen molar-refractivity contribution in [2.45, 2.75) is 13.5 Å². The van der Waals surface area contributed by atoms with Gasteiger partial charge in [0, 0.05) is 13.0 Å². The highest BCUT2D eigenvalue weighted by atomic mass is 35.5. The van der Waals surface area contributed by atoms with E-state index in [0.29, 0.717) is 22.4 Å². The Bertz CT molecular complexity index is 796. The minimum absolute atomic E-state index is 0.179. The number of halogens is 1. The van der Waals surface area contributed by atoms with Gasteiger partial charge in [0.1, 0.15) is 11.3 Å². The number of para-hydroxylation sites is 2. The molecule has 0 unspecified atom stereocenters. The van der Waals surface area contributed by atoms with Gasteiger partial charge >= 0.3 is 0 Å². The zero-order chi connectivity index (χ0) is 15.5. The van der Waals surface area contributed by atoms with Gasteiger partial charge in [-0.2, -0.15) is 0 Å². The SMILES string of the molecule is CC(=O)Nc1ccc(OCc2nc3ccccc3o2)cc1Cl. The van der Waals surface area contributed by atoms with Crippen LogP contribution in [0.25, 0.3) is 11.1 Å². The molecule has 5 nitrogen and oxygen atoms in total. The number of benzene rings is 2. The summed E-state index contributed by atoms with van der Waals surface area (Å²) in [6.07, 6.45) is 0. The molecule has 0 saturated carbocycles. The Morgan fingerprint density at radius 3 is 2.86 bits per heavy atom. The highest BCUT2D eigenvalue weighted by molar-refractivity contribution is 6.33. The van der Waals surface area contributed by atoms with Gasteiger partial charge in [0.05, 0.1) is 10.7 Å². The molecule has 3 aromatic rings. The van der Waals surface area contributed by atoms with Crippen LogP contribution in [0.15, 0.2) is 46.9 Å². The van der Waals surface area contributed by atoms with Crippen molar-refractivity contribution in [1.82, 2.24) is 4.98 Å². The van der Waals surface area contributed by atoms with Crippen molar-refractivity contribution in [3.8, 4) is 5.75 Å².